The minimum atomic E-state index is 0.268. The maximum absolute atomic E-state index is 8.71. The molecule has 0 radical (unpaired) electrons. The SMILES string of the molecule is COCN1CCN(CCO)CC1. The van der Waals surface area contributed by atoms with E-state index < -0.39 is 0 Å². The molecule has 1 aliphatic heterocycles. The maximum atomic E-state index is 8.71. The molecule has 0 saturated carbocycles. The Morgan fingerprint density at radius 1 is 1.17 bits per heavy atom. The molecule has 0 atom stereocenters. The number of hydrogen-bond donors (Lipinski definition) is 1. The van der Waals surface area contributed by atoms with E-state index >= 15 is 0 Å². The van der Waals surface area contributed by atoms with Crippen LogP contribution in [0, 0.1) is 0 Å². The van der Waals surface area contributed by atoms with Gasteiger partial charge in [0.1, 0.15) is 0 Å². The van der Waals surface area contributed by atoms with Gasteiger partial charge < -0.3 is 9.84 Å². The smallest absolute Gasteiger partial charge is 0.0987 e. The Morgan fingerprint density at radius 3 is 2.25 bits per heavy atom. The predicted octanol–water partition coefficient (Wildman–Crippen LogP) is -0.800. The molecule has 0 aromatic heterocycles. The number of rotatable bonds is 4. The number of nitrogens with zero attached hydrogens (tertiary/aromatic N) is 2. The summed E-state index contributed by atoms with van der Waals surface area (Å²) in [5.41, 5.74) is 0. The maximum Gasteiger partial charge on any atom is 0.0987 e. The first-order valence-corrected chi connectivity index (χ1v) is 4.41. The first-order chi connectivity index (χ1) is 5.86. The molecule has 1 saturated heterocycles. The van der Waals surface area contributed by atoms with Gasteiger partial charge >= 0.3 is 0 Å². The molecule has 0 bridgehead atoms. The van der Waals surface area contributed by atoms with Gasteiger partial charge in [-0.25, -0.2) is 0 Å². The fraction of sp³-hybridized carbons (Fsp3) is 1.00. The van der Waals surface area contributed by atoms with Gasteiger partial charge in [-0.05, 0) is 0 Å². The van der Waals surface area contributed by atoms with Crippen LogP contribution in [0.25, 0.3) is 0 Å². The molecule has 0 aliphatic carbocycles. The van der Waals surface area contributed by atoms with Crippen molar-refractivity contribution in [3.8, 4) is 0 Å². The molecule has 12 heavy (non-hydrogen) atoms. The molecular weight excluding hydrogens is 156 g/mol. The lowest BCUT2D eigenvalue weighted by molar-refractivity contribution is 0.0234. The van der Waals surface area contributed by atoms with Crippen LogP contribution in [0.15, 0.2) is 0 Å². The van der Waals surface area contributed by atoms with Crippen LogP contribution in [0.2, 0.25) is 0 Å². The lowest BCUT2D eigenvalue weighted by Crippen LogP contribution is -2.47. The van der Waals surface area contributed by atoms with Crippen LogP contribution in [-0.2, 0) is 4.74 Å². The Bertz CT molecular complexity index is 99.6. The molecule has 4 heteroatoms. The van der Waals surface area contributed by atoms with Crippen molar-refractivity contribution in [2.24, 2.45) is 0 Å². The Morgan fingerprint density at radius 2 is 1.75 bits per heavy atom. The minimum Gasteiger partial charge on any atom is -0.395 e. The third kappa shape index (κ3) is 3.06. The molecule has 1 heterocycles. The van der Waals surface area contributed by atoms with E-state index in [4.69, 9.17) is 9.84 Å². The van der Waals surface area contributed by atoms with Crippen molar-refractivity contribution < 1.29 is 9.84 Å². The summed E-state index contributed by atoms with van der Waals surface area (Å²) >= 11 is 0. The van der Waals surface area contributed by atoms with Gasteiger partial charge in [0.2, 0.25) is 0 Å². The molecule has 0 unspecified atom stereocenters. The number of methoxy groups -OCH3 is 1. The number of aliphatic hydroxyl groups is 1. The van der Waals surface area contributed by atoms with Gasteiger partial charge in [0.25, 0.3) is 0 Å². The van der Waals surface area contributed by atoms with Crippen molar-refractivity contribution >= 4 is 0 Å². The first kappa shape index (κ1) is 9.92. The van der Waals surface area contributed by atoms with Gasteiger partial charge in [0.15, 0.2) is 0 Å². The first-order valence-electron chi connectivity index (χ1n) is 4.41. The topological polar surface area (TPSA) is 35.9 Å². The summed E-state index contributed by atoms with van der Waals surface area (Å²) in [7, 11) is 1.72. The number of piperazine rings is 1. The van der Waals surface area contributed by atoms with Crippen LogP contribution in [0.5, 0.6) is 0 Å². The lowest BCUT2D eigenvalue weighted by Gasteiger charge is -2.33. The van der Waals surface area contributed by atoms with Crippen molar-refractivity contribution in [3.05, 3.63) is 0 Å². The van der Waals surface area contributed by atoms with E-state index in [2.05, 4.69) is 9.80 Å². The van der Waals surface area contributed by atoms with Crippen molar-refractivity contribution in [2.75, 3.05) is 53.2 Å². The Labute approximate surface area is 73.7 Å². The van der Waals surface area contributed by atoms with Crippen LogP contribution < -0.4 is 0 Å². The largest absolute Gasteiger partial charge is 0.395 e. The number of aliphatic hydroxyl groups excluding tert-OH is 1. The quantitative estimate of drug-likeness (QED) is 0.605. The zero-order valence-electron chi connectivity index (χ0n) is 7.70. The monoisotopic (exact) mass is 174 g/mol. The normalized spacial score (nSPS) is 21.5. The van der Waals surface area contributed by atoms with Crippen LogP contribution >= 0.6 is 0 Å². The van der Waals surface area contributed by atoms with Crippen molar-refractivity contribution in [1.82, 2.24) is 9.80 Å². The van der Waals surface area contributed by atoms with Crippen LogP contribution in [-0.4, -0.2) is 68.1 Å². The van der Waals surface area contributed by atoms with Gasteiger partial charge in [0.05, 0.1) is 13.3 Å². The zero-order chi connectivity index (χ0) is 8.81. The summed E-state index contributed by atoms with van der Waals surface area (Å²) in [5, 5.41) is 8.71. The fourth-order valence-corrected chi connectivity index (χ4v) is 1.47. The molecule has 0 aromatic rings. The van der Waals surface area contributed by atoms with Gasteiger partial charge in [-0.3, -0.25) is 9.80 Å². The molecule has 0 amide bonds. The summed E-state index contributed by atoms with van der Waals surface area (Å²) in [4.78, 5) is 4.54. The predicted molar refractivity (Wildman–Crippen MR) is 47.0 cm³/mol. The highest BCUT2D eigenvalue weighted by Crippen LogP contribution is 1.99. The molecule has 1 N–H and O–H groups in total. The van der Waals surface area contributed by atoms with Crippen LogP contribution in [0.4, 0.5) is 0 Å². The number of hydrogen-bond acceptors (Lipinski definition) is 4. The van der Waals surface area contributed by atoms with E-state index in [0.29, 0.717) is 0 Å². The zero-order valence-corrected chi connectivity index (χ0v) is 7.70. The molecule has 0 aromatic carbocycles. The Hall–Kier alpha value is -0.160. The van der Waals surface area contributed by atoms with E-state index in [9.17, 15) is 0 Å². The number of β-amino-alcohol motifs (C(OH)–C–C–N with tert-alkyl or cyclic N) is 1. The summed E-state index contributed by atoms with van der Waals surface area (Å²) in [6.07, 6.45) is 0. The fourth-order valence-electron chi connectivity index (χ4n) is 1.47. The summed E-state index contributed by atoms with van der Waals surface area (Å²) in [6.45, 7) is 5.99. The Balaban J connectivity index is 2.11. The highest BCUT2D eigenvalue weighted by atomic mass is 16.5. The summed E-state index contributed by atoms with van der Waals surface area (Å²) in [6, 6.07) is 0. The van der Waals surface area contributed by atoms with E-state index in [0.717, 1.165) is 39.5 Å². The second-order valence-electron chi connectivity index (χ2n) is 3.10. The third-order valence-corrected chi connectivity index (χ3v) is 2.19. The second-order valence-corrected chi connectivity index (χ2v) is 3.10. The molecule has 4 nitrogen and oxygen atoms in total. The van der Waals surface area contributed by atoms with Crippen molar-refractivity contribution in [2.45, 2.75) is 0 Å². The number of ether oxygens (including phenoxy) is 1. The van der Waals surface area contributed by atoms with E-state index in [1.807, 2.05) is 0 Å². The molecule has 72 valence electrons. The third-order valence-electron chi connectivity index (χ3n) is 2.19. The van der Waals surface area contributed by atoms with Crippen molar-refractivity contribution in [3.63, 3.8) is 0 Å². The van der Waals surface area contributed by atoms with E-state index in [1.165, 1.54) is 0 Å². The summed E-state index contributed by atoms with van der Waals surface area (Å²) in [5.74, 6) is 0. The van der Waals surface area contributed by atoms with Crippen LogP contribution in [0.1, 0.15) is 0 Å². The average Bonchev–Trinajstić information content (AvgIpc) is 2.09. The summed E-state index contributed by atoms with van der Waals surface area (Å²) < 4.78 is 5.03. The van der Waals surface area contributed by atoms with Gasteiger partial charge in [-0.2, -0.15) is 0 Å². The Kier molecular flexibility index (Phi) is 4.53. The van der Waals surface area contributed by atoms with Crippen LogP contribution in [0.3, 0.4) is 0 Å². The second kappa shape index (κ2) is 5.48. The van der Waals surface area contributed by atoms with Gasteiger partial charge in [-0.15, -0.1) is 0 Å². The lowest BCUT2D eigenvalue weighted by atomic mass is 10.3. The van der Waals surface area contributed by atoms with Gasteiger partial charge in [-0.1, -0.05) is 0 Å². The highest BCUT2D eigenvalue weighted by Gasteiger charge is 2.15. The molecule has 1 aliphatic rings. The standard InChI is InChI=1S/C8H18N2O2/c1-12-8-10-4-2-9(3-5-10)6-7-11/h11H,2-8H2,1H3. The molecule has 0 spiro atoms. The molecular formula is C8H18N2O2. The van der Waals surface area contributed by atoms with Crippen molar-refractivity contribution in [1.29, 1.82) is 0 Å². The van der Waals surface area contributed by atoms with Gasteiger partial charge in [0, 0.05) is 39.8 Å². The highest BCUT2D eigenvalue weighted by molar-refractivity contribution is 4.69. The van der Waals surface area contributed by atoms with E-state index in [1.54, 1.807) is 7.11 Å². The molecule has 1 rings (SSSR count). The minimum absolute atomic E-state index is 0.268. The van der Waals surface area contributed by atoms with E-state index in [-0.39, 0.29) is 6.61 Å². The average molecular weight is 174 g/mol. The molecule has 1 fully saturated rings.